The Kier molecular flexibility index (Phi) is 4.89. The molecule has 7 nitrogen and oxygen atoms in total. The summed E-state index contributed by atoms with van der Waals surface area (Å²) in [7, 11) is 0. The van der Waals surface area contributed by atoms with Gasteiger partial charge in [0, 0.05) is 5.56 Å². The number of ether oxygens (including phenoxy) is 2. The number of benzene rings is 1. The van der Waals surface area contributed by atoms with Crippen LogP contribution in [0.4, 0.5) is 0 Å². The van der Waals surface area contributed by atoms with E-state index in [9.17, 15) is 0 Å². The van der Waals surface area contributed by atoms with Crippen molar-refractivity contribution in [1.29, 1.82) is 0 Å². The van der Waals surface area contributed by atoms with Gasteiger partial charge >= 0.3 is 0 Å². The van der Waals surface area contributed by atoms with Gasteiger partial charge in [-0.2, -0.15) is 0 Å². The lowest BCUT2D eigenvalue weighted by Crippen LogP contribution is -2.06. The van der Waals surface area contributed by atoms with Gasteiger partial charge in [-0.3, -0.25) is 0 Å². The lowest BCUT2D eigenvalue weighted by Gasteiger charge is -2.12. The van der Waals surface area contributed by atoms with Crippen LogP contribution in [0.25, 0.3) is 11.4 Å². The van der Waals surface area contributed by atoms with Gasteiger partial charge in [-0.05, 0) is 42.5 Å². The van der Waals surface area contributed by atoms with Crippen molar-refractivity contribution in [2.75, 3.05) is 19.8 Å². The van der Waals surface area contributed by atoms with E-state index in [4.69, 9.17) is 14.6 Å². The van der Waals surface area contributed by atoms with Gasteiger partial charge in [-0.15, -0.1) is 5.10 Å². The quantitative estimate of drug-likeness (QED) is 0.817. The highest BCUT2D eigenvalue weighted by molar-refractivity contribution is 5.60. The fourth-order valence-corrected chi connectivity index (χ4v) is 1.85. The van der Waals surface area contributed by atoms with Crippen LogP contribution in [0.5, 0.6) is 11.5 Å². The summed E-state index contributed by atoms with van der Waals surface area (Å²) < 4.78 is 12.6. The third kappa shape index (κ3) is 3.05. The van der Waals surface area contributed by atoms with E-state index in [1.807, 2.05) is 32.0 Å². The van der Waals surface area contributed by atoms with Crippen LogP contribution in [-0.4, -0.2) is 45.1 Å². The first-order valence-electron chi connectivity index (χ1n) is 6.57. The molecule has 0 bridgehead atoms. The van der Waals surface area contributed by atoms with Crippen LogP contribution in [0.3, 0.4) is 0 Å². The number of hydrogen-bond acceptors (Lipinski definition) is 6. The minimum absolute atomic E-state index is 0.0204. The highest BCUT2D eigenvalue weighted by atomic mass is 16.5. The van der Waals surface area contributed by atoms with Crippen LogP contribution in [-0.2, 0) is 6.54 Å². The molecule has 0 radical (unpaired) electrons. The Balaban J connectivity index is 2.36. The molecule has 1 heterocycles. The molecule has 0 saturated carbocycles. The van der Waals surface area contributed by atoms with Gasteiger partial charge in [0.25, 0.3) is 0 Å². The summed E-state index contributed by atoms with van der Waals surface area (Å²) in [5, 5.41) is 20.4. The molecule has 20 heavy (non-hydrogen) atoms. The molecule has 2 aromatic rings. The number of aromatic nitrogens is 4. The molecule has 0 aliphatic heterocycles. The van der Waals surface area contributed by atoms with Crippen molar-refractivity contribution < 1.29 is 14.6 Å². The van der Waals surface area contributed by atoms with Gasteiger partial charge in [0.15, 0.2) is 17.3 Å². The molecule has 1 aromatic heterocycles. The first-order chi connectivity index (χ1) is 9.80. The smallest absolute Gasteiger partial charge is 0.182 e. The molecule has 0 saturated heterocycles. The lowest BCUT2D eigenvalue weighted by atomic mass is 10.2. The first kappa shape index (κ1) is 14.3. The van der Waals surface area contributed by atoms with Gasteiger partial charge in [0.05, 0.1) is 26.4 Å². The monoisotopic (exact) mass is 278 g/mol. The summed E-state index contributed by atoms with van der Waals surface area (Å²) in [5.41, 5.74) is 0.815. The predicted molar refractivity (Wildman–Crippen MR) is 72.7 cm³/mol. The van der Waals surface area contributed by atoms with Gasteiger partial charge in [-0.1, -0.05) is 0 Å². The minimum Gasteiger partial charge on any atom is -0.490 e. The van der Waals surface area contributed by atoms with Crippen LogP contribution in [0.2, 0.25) is 0 Å². The van der Waals surface area contributed by atoms with Crippen LogP contribution in [0.15, 0.2) is 18.2 Å². The molecule has 1 aromatic carbocycles. The number of aliphatic hydroxyl groups is 1. The van der Waals surface area contributed by atoms with E-state index < -0.39 is 0 Å². The van der Waals surface area contributed by atoms with Crippen molar-refractivity contribution in [3.05, 3.63) is 18.2 Å². The van der Waals surface area contributed by atoms with Crippen molar-refractivity contribution in [1.82, 2.24) is 20.2 Å². The fraction of sp³-hybridized carbons (Fsp3) is 0.462. The van der Waals surface area contributed by atoms with Gasteiger partial charge in [-0.25, -0.2) is 4.68 Å². The maximum atomic E-state index is 9.00. The Morgan fingerprint density at radius 2 is 1.90 bits per heavy atom. The Labute approximate surface area is 117 Å². The molecule has 2 rings (SSSR count). The van der Waals surface area contributed by atoms with E-state index in [2.05, 4.69) is 15.5 Å². The largest absolute Gasteiger partial charge is 0.490 e. The zero-order valence-electron chi connectivity index (χ0n) is 11.6. The Morgan fingerprint density at radius 3 is 2.60 bits per heavy atom. The zero-order chi connectivity index (χ0) is 14.4. The van der Waals surface area contributed by atoms with Crippen molar-refractivity contribution in [2.45, 2.75) is 20.4 Å². The van der Waals surface area contributed by atoms with Gasteiger partial charge < -0.3 is 14.6 Å². The predicted octanol–water partition coefficient (Wildman–Crippen LogP) is 1.13. The standard InChI is InChI=1S/C13H18N4O3/c1-3-19-11-6-5-10(9-12(11)20-4-2)13-14-15-16-17(13)7-8-18/h5-6,9,18H,3-4,7-8H2,1-2H3. The van der Waals surface area contributed by atoms with Crippen LogP contribution in [0, 0.1) is 0 Å². The summed E-state index contributed by atoms with van der Waals surface area (Å²) in [6.07, 6.45) is 0. The van der Waals surface area contributed by atoms with E-state index in [-0.39, 0.29) is 6.61 Å². The summed E-state index contributed by atoms with van der Waals surface area (Å²) in [6.45, 7) is 5.28. The minimum atomic E-state index is -0.0204. The normalized spacial score (nSPS) is 10.6. The van der Waals surface area contributed by atoms with Crippen molar-refractivity contribution in [3.63, 3.8) is 0 Å². The SMILES string of the molecule is CCOc1ccc(-c2nnnn2CCO)cc1OCC. The summed E-state index contributed by atoms with van der Waals surface area (Å²) in [5.74, 6) is 1.94. The van der Waals surface area contributed by atoms with E-state index in [1.165, 1.54) is 0 Å². The van der Waals surface area contributed by atoms with Crippen molar-refractivity contribution >= 4 is 0 Å². The van der Waals surface area contributed by atoms with Crippen molar-refractivity contribution in [2.24, 2.45) is 0 Å². The maximum absolute atomic E-state index is 9.00. The first-order valence-corrected chi connectivity index (χ1v) is 6.57. The lowest BCUT2D eigenvalue weighted by molar-refractivity contribution is 0.268. The van der Waals surface area contributed by atoms with E-state index >= 15 is 0 Å². The number of rotatable bonds is 7. The molecular formula is C13H18N4O3. The molecule has 108 valence electrons. The molecule has 0 aliphatic rings. The maximum Gasteiger partial charge on any atom is 0.182 e. The van der Waals surface area contributed by atoms with E-state index in [1.54, 1.807) is 4.68 Å². The van der Waals surface area contributed by atoms with Crippen molar-refractivity contribution in [3.8, 4) is 22.9 Å². The van der Waals surface area contributed by atoms with Gasteiger partial charge in [0.2, 0.25) is 0 Å². The highest BCUT2D eigenvalue weighted by Crippen LogP contribution is 2.31. The van der Waals surface area contributed by atoms with Gasteiger partial charge in [0.1, 0.15) is 0 Å². The second-order valence-corrected chi connectivity index (χ2v) is 3.98. The molecule has 0 atom stereocenters. The Bertz CT molecular complexity index is 556. The summed E-state index contributed by atoms with van der Waals surface area (Å²) >= 11 is 0. The van der Waals surface area contributed by atoms with Crippen LogP contribution < -0.4 is 9.47 Å². The number of tetrazole rings is 1. The van der Waals surface area contributed by atoms with Crippen LogP contribution >= 0.6 is 0 Å². The summed E-state index contributed by atoms with van der Waals surface area (Å²) in [4.78, 5) is 0. The molecule has 0 spiro atoms. The number of aliphatic hydroxyl groups excluding tert-OH is 1. The number of nitrogens with zero attached hydrogens (tertiary/aromatic N) is 4. The fourth-order valence-electron chi connectivity index (χ4n) is 1.85. The third-order valence-electron chi connectivity index (χ3n) is 2.65. The zero-order valence-corrected chi connectivity index (χ0v) is 11.6. The Morgan fingerprint density at radius 1 is 1.15 bits per heavy atom. The topological polar surface area (TPSA) is 82.3 Å². The molecule has 0 aliphatic carbocycles. The molecule has 0 unspecified atom stereocenters. The van der Waals surface area contributed by atoms with E-state index in [0.29, 0.717) is 37.1 Å². The molecule has 7 heteroatoms. The average Bonchev–Trinajstić information content (AvgIpc) is 2.90. The molecular weight excluding hydrogens is 260 g/mol. The van der Waals surface area contributed by atoms with Crippen LogP contribution in [0.1, 0.15) is 13.8 Å². The third-order valence-corrected chi connectivity index (χ3v) is 2.65. The second-order valence-electron chi connectivity index (χ2n) is 3.98. The number of hydrogen-bond donors (Lipinski definition) is 1. The Hall–Kier alpha value is -2.15. The second kappa shape index (κ2) is 6.85. The molecule has 0 amide bonds. The molecule has 0 fully saturated rings. The van der Waals surface area contributed by atoms with E-state index in [0.717, 1.165) is 5.56 Å². The summed E-state index contributed by atoms with van der Waals surface area (Å²) in [6, 6.07) is 5.54. The highest BCUT2D eigenvalue weighted by Gasteiger charge is 2.12. The molecule has 1 N–H and O–H groups in total. The average molecular weight is 278 g/mol.